The number of carbonyl (C=O) groups is 2. The van der Waals surface area contributed by atoms with Crippen LogP contribution in [-0.2, 0) is 4.79 Å². The minimum Gasteiger partial charge on any atom is -0.366 e. The van der Waals surface area contributed by atoms with Gasteiger partial charge in [0.15, 0.2) is 0 Å². The van der Waals surface area contributed by atoms with Crippen LogP contribution in [0.25, 0.3) is 0 Å². The van der Waals surface area contributed by atoms with Gasteiger partial charge in [-0.3, -0.25) is 14.5 Å². The van der Waals surface area contributed by atoms with E-state index in [-0.39, 0.29) is 11.8 Å². The van der Waals surface area contributed by atoms with E-state index in [4.69, 9.17) is 5.73 Å². The van der Waals surface area contributed by atoms with Crippen molar-refractivity contribution in [1.29, 1.82) is 0 Å². The third-order valence-electron chi connectivity index (χ3n) is 10.3. The van der Waals surface area contributed by atoms with E-state index in [1.54, 1.807) is 6.92 Å². The molecule has 1 aromatic carbocycles. The summed E-state index contributed by atoms with van der Waals surface area (Å²) in [6, 6.07) is 9.14. The summed E-state index contributed by atoms with van der Waals surface area (Å²) < 4.78 is 0. The summed E-state index contributed by atoms with van der Waals surface area (Å²) in [6.45, 7) is 4.67. The first kappa shape index (κ1) is 22.6. The van der Waals surface area contributed by atoms with E-state index >= 15 is 0 Å². The van der Waals surface area contributed by atoms with Crippen LogP contribution in [0.2, 0.25) is 0 Å². The molecule has 6 fully saturated rings. The zero-order valence-corrected chi connectivity index (χ0v) is 20.8. The van der Waals surface area contributed by atoms with Crippen molar-refractivity contribution in [1.82, 2.24) is 9.80 Å². The van der Waals surface area contributed by atoms with E-state index < -0.39 is 0 Å². The smallest absolute Gasteiger partial charge is 0.248 e. The summed E-state index contributed by atoms with van der Waals surface area (Å²) in [5, 5.41) is 0. The molecule has 1 aromatic rings. The Hall–Kier alpha value is -1.88. The molecular formula is C29H41N3O2. The van der Waals surface area contributed by atoms with Gasteiger partial charge in [-0.05, 0) is 111 Å². The number of fused-ring (bicyclic) bond motifs is 2. The molecule has 2 amide bonds. The van der Waals surface area contributed by atoms with Crippen LogP contribution < -0.4 is 5.73 Å². The summed E-state index contributed by atoms with van der Waals surface area (Å²) >= 11 is 0. The number of amides is 2. The van der Waals surface area contributed by atoms with Crippen molar-refractivity contribution in [2.45, 2.75) is 89.1 Å². The third kappa shape index (κ3) is 4.19. The molecule has 2 aliphatic heterocycles. The molecule has 3 atom stereocenters. The highest BCUT2D eigenvalue weighted by Gasteiger charge is 2.51. The van der Waals surface area contributed by atoms with Gasteiger partial charge in [-0.2, -0.15) is 0 Å². The average Bonchev–Trinajstić information content (AvgIpc) is 3.02. The lowest BCUT2D eigenvalue weighted by atomic mass is 9.49. The zero-order chi connectivity index (χ0) is 23.4. The maximum absolute atomic E-state index is 12.7. The van der Waals surface area contributed by atoms with Crippen molar-refractivity contribution < 1.29 is 9.59 Å². The van der Waals surface area contributed by atoms with Gasteiger partial charge in [-0.1, -0.05) is 12.1 Å². The second-order valence-electron chi connectivity index (χ2n) is 12.6. The molecule has 0 aromatic heterocycles. The predicted octanol–water partition coefficient (Wildman–Crippen LogP) is 4.56. The number of nitrogens with zero attached hydrogens (tertiary/aromatic N) is 2. The van der Waals surface area contributed by atoms with Gasteiger partial charge in [-0.25, -0.2) is 0 Å². The number of hydrogen-bond acceptors (Lipinski definition) is 3. The summed E-state index contributed by atoms with van der Waals surface area (Å²) in [7, 11) is 0. The van der Waals surface area contributed by atoms with Gasteiger partial charge in [0, 0.05) is 44.2 Å². The molecule has 4 aliphatic carbocycles. The van der Waals surface area contributed by atoms with Crippen molar-refractivity contribution in [2.75, 3.05) is 19.6 Å². The van der Waals surface area contributed by atoms with Gasteiger partial charge >= 0.3 is 0 Å². The molecule has 4 saturated carbocycles. The molecule has 2 heterocycles. The largest absolute Gasteiger partial charge is 0.366 e. The third-order valence-corrected chi connectivity index (χ3v) is 10.3. The Bertz CT molecular complexity index is 909. The lowest BCUT2D eigenvalue weighted by molar-refractivity contribution is -0.135. The number of benzene rings is 1. The first-order chi connectivity index (χ1) is 16.4. The van der Waals surface area contributed by atoms with Crippen LogP contribution in [0.1, 0.15) is 93.0 Å². The molecule has 2 saturated heterocycles. The van der Waals surface area contributed by atoms with Gasteiger partial charge in [0.1, 0.15) is 0 Å². The molecule has 184 valence electrons. The zero-order valence-electron chi connectivity index (χ0n) is 20.8. The highest BCUT2D eigenvalue weighted by Crippen LogP contribution is 2.60. The quantitative estimate of drug-likeness (QED) is 0.645. The molecule has 6 aliphatic rings. The molecule has 7 rings (SSSR count). The molecule has 5 heteroatoms. The fourth-order valence-corrected chi connectivity index (χ4v) is 9.33. The Morgan fingerprint density at radius 3 is 2.18 bits per heavy atom. The second kappa shape index (κ2) is 8.65. The van der Waals surface area contributed by atoms with E-state index in [0.29, 0.717) is 29.0 Å². The van der Waals surface area contributed by atoms with Crippen molar-refractivity contribution in [2.24, 2.45) is 28.9 Å². The monoisotopic (exact) mass is 463 g/mol. The first-order valence-electron chi connectivity index (χ1n) is 13.8. The van der Waals surface area contributed by atoms with Crippen LogP contribution in [0, 0.1) is 23.2 Å². The molecule has 34 heavy (non-hydrogen) atoms. The van der Waals surface area contributed by atoms with E-state index in [0.717, 1.165) is 50.2 Å². The topological polar surface area (TPSA) is 66.6 Å². The normalized spacial score (nSPS) is 38.3. The number of rotatable bonds is 7. The number of carbonyl (C=O) groups excluding carboxylic acids is 2. The SMILES string of the molecule is CC(=O)N(CCN1[C@@H]2CC[C@H]1CC(c1cccc(C(N)=O)c1)C2)CC12CC3CC(CC(C3)C1)C2. The van der Waals surface area contributed by atoms with Gasteiger partial charge in [0.05, 0.1) is 0 Å². The Morgan fingerprint density at radius 2 is 1.62 bits per heavy atom. The highest BCUT2D eigenvalue weighted by molar-refractivity contribution is 5.92. The van der Waals surface area contributed by atoms with Crippen LogP contribution in [-0.4, -0.2) is 53.3 Å². The van der Waals surface area contributed by atoms with Crippen LogP contribution in [0.5, 0.6) is 0 Å². The first-order valence-corrected chi connectivity index (χ1v) is 13.8. The second-order valence-corrected chi connectivity index (χ2v) is 12.6. The average molecular weight is 464 g/mol. The number of nitrogens with two attached hydrogens (primary N) is 1. The van der Waals surface area contributed by atoms with Gasteiger partial charge in [0.25, 0.3) is 0 Å². The highest BCUT2D eigenvalue weighted by atomic mass is 16.2. The maximum atomic E-state index is 12.7. The Labute approximate surface area is 204 Å². The maximum Gasteiger partial charge on any atom is 0.248 e. The van der Waals surface area contributed by atoms with E-state index in [9.17, 15) is 9.59 Å². The molecule has 1 unspecified atom stereocenters. The molecule has 6 bridgehead atoms. The fraction of sp³-hybridized carbons (Fsp3) is 0.724. The lowest BCUT2D eigenvalue weighted by Crippen LogP contribution is -2.53. The van der Waals surface area contributed by atoms with Gasteiger partial charge < -0.3 is 10.6 Å². The van der Waals surface area contributed by atoms with E-state index in [2.05, 4.69) is 15.9 Å². The molecule has 0 spiro atoms. The lowest BCUT2D eigenvalue weighted by Gasteiger charge is -2.58. The molecule has 2 N–H and O–H groups in total. The number of primary amides is 1. The van der Waals surface area contributed by atoms with E-state index in [1.807, 2.05) is 18.2 Å². The van der Waals surface area contributed by atoms with E-state index in [1.165, 1.54) is 56.9 Å². The van der Waals surface area contributed by atoms with Gasteiger partial charge in [0.2, 0.25) is 11.8 Å². The Kier molecular flexibility index (Phi) is 5.75. The Balaban J connectivity index is 1.09. The molecule has 0 radical (unpaired) electrons. The minimum atomic E-state index is -0.342. The van der Waals surface area contributed by atoms with Crippen LogP contribution in [0.15, 0.2) is 24.3 Å². The van der Waals surface area contributed by atoms with Crippen molar-refractivity contribution >= 4 is 11.8 Å². The Morgan fingerprint density at radius 1 is 1.00 bits per heavy atom. The van der Waals surface area contributed by atoms with Crippen LogP contribution in [0.3, 0.4) is 0 Å². The predicted molar refractivity (Wildman–Crippen MR) is 133 cm³/mol. The summed E-state index contributed by atoms with van der Waals surface area (Å²) in [6.07, 6.45) is 13.3. The summed E-state index contributed by atoms with van der Waals surface area (Å²) in [5.41, 5.74) is 7.82. The van der Waals surface area contributed by atoms with Crippen molar-refractivity contribution in [3.63, 3.8) is 0 Å². The minimum absolute atomic E-state index is 0.265. The van der Waals surface area contributed by atoms with Crippen LogP contribution >= 0.6 is 0 Å². The van der Waals surface area contributed by atoms with Crippen molar-refractivity contribution in [3.05, 3.63) is 35.4 Å². The van der Waals surface area contributed by atoms with Crippen LogP contribution in [0.4, 0.5) is 0 Å². The number of piperidine rings is 1. The standard InChI is InChI=1S/C29H41N3O2/c1-19(33)31(18-29-15-20-9-21(16-29)11-22(10-20)17-29)7-8-32-26-5-6-27(32)14-25(13-26)23-3-2-4-24(12-23)28(30)34/h2-4,12,20-22,25-27H,5-11,13-18H2,1H3,(H2,30,34)/t20?,21?,22?,25?,26-,27+,29?. The summed E-state index contributed by atoms with van der Waals surface area (Å²) in [4.78, 5) is 29.3. The molecular weight excluding hydrogens is 422 g/mol. The van der Waals surface area contributed by atoms with Gasteiger partial charge in [-0.15, -0.1) is 0 Å². The summed E-state index contributed by atoms with van der Waals surface area (Å²) in [5.74, 6) is 3.23. The molecule has 5 nitrogen and oxygen atoms in total. The number of hydrogen-bond donors (Lipinski definition) is 1. The fourth-order valence-electron chi connectivity index (χ4n) is 9.33. The van der Waals surface area contributed by atoms with Crippen molar-refractivity contribution in [3.8, 4) is 0 Å².